The van der Waals surface area contributed by atoms with Gasteiger partial charge in [-0.05, 0) is 18.2 Å². The van der Waals surface area contributed by atoms with Gasteiger partial charge in [0.1, 0.15) is 12.4 Å². The van der Waals surface area contributed by atoms with Gasteiger partial charge in [-0.3, -0.25) is 0 Å². The van der Waals surface area contributed by atoms with Crippen LogP contribution in [-0.2, 0) is 31.3 Å². The maximum atomic E-state index is 12.8. The largest absolute Gasteiger partial charge is 0.491 e. The average Bonchev–Trinajstić information content (AvgIpc) is 2.66. The van der Waals surface area contributed by atoms with Crippen molar-refractivity contribution in [2.45, 2.75) is 12.4 Å². The van der Waals surface area contributed by atoms with Crippen molar-refractivity contribution < 1.29 is 50.0 Å². The van der Waals surface area contributed by atoms with Crippen LogP contribution in [0.1, 0.15) is 11.1 Å². The van der Waals surface area contributed by atoms with Gasteiger partial charge in [0.05, 0.1) is 64.0 Å². The van der Waals surface area contributed by atoms with Crippen molar-refractivity contribution in [3.05, 3.63) is 29.3 Å². The molecule has 0 radical (unpaired) electrons. The van der Waals surface area contributed by atoms with Crippen molar-refractivity contribution >= 4 is 0 Å². The fraction of sp³-hybridized carbons (Fsp3) is 0.667. The van der Waals surface area contributed by atoms with Crippen molar-refractivity contribution in [3.8, 4) is 5.75 Å². The molecule has 0 aliphatic heterocycles. The van der Waals surface area contributed by atoms with Crippen molar-refractivity contribution in [1.29, 1.82) is 0 Å². The molecule has 0 bridgehead atoms. The summed E-state index contributed by atoms with van der Waals surface area (Å²) in [5.41, 5.74) is 2.38. The highest BCUT2D eigenvalue weighted by Crippen LogP contribution is 2.38. The SMILES string of the molecule is NCCOCCOCCOCCOCCOc1cc(C(F)(F)F)cc(C(F)(F)F)c1. The van der Waals surface area contributed by atoms with E-state index in [0.717, 1.165) is 0 Å². The molecule has 0 aromatic heterocycles. The molecule has 0 atom stereocenters. The molecular weight excluding hydrogens is 424 g/mol. The normalized spacial score (nSPS) is 12.4. The lowest BCUT2D eigenvalue weighted by molar-refractivity contribution is -0.143. The van der Waals surface area contributed by atoms with Crippen LogP contribution in [0.4, 0.5) is 26.3 Å². The molecule has 1 rings (SSSR count). The van der Waals surface area contributed by atoms with Gasteiger partial charge in [0, 0.05) is 6.54 Å². The lowest BCUT2D eigenvalue weighted by Crippen LogP contribution is -2.15. The second-order valence-electron chi connectivity index (χ2n) is 5.83. The van der Waals surface area contributed by atoms with Crippen LogP contribution >= 0.6 is 0 Å². The van der Waals surface area contributed by atoms with Gasteiger partial charge >= 0.3 is 12.4 Å². The molecule has 0 aliphatic rings. The highest BCUT2D eigenvalue weighted by molar-refractivity contribution is 5.37. The molecule has 0 spiro atoms. The first-order valence-electron chi connectivity index (χ1n) is 9.08. The van der Waals surface area contributed by atoms with Crippen molar-refractivity contribution in [1.82, 2.24) is 0 Å². The Labute approximate surface area is 170 Å². The number of alkyl halides is 6. The van der Waals surface area contributed by atoms with E-state index >= 15 is 0 Å². The van der Waals surface area contributed by atoms with Crippen molar-refractivity contribution in [2.75, 3.05) is 66.0 Å². The highest BCUT2D eigenvalue weighted by atomic mass is 19.4. The molecule has 6 nitrogen and oxygen atoms in total. The van der Waals surface area contributed by atoms with Crippen molar-refractivity contribution in [3.63, 3.8) is 0 Å². The van der Waals surface area contributed by atoms with E-state index in [9.17, 15) is 26.3 Å². The Morgan fingerprint density at radius 2 is 0.933 bits per heavy atom. The van der Waals surface area contributed by atoms with E-state index in [1.165, 1.54) is 0 Å². The van der Waals surface area contributed by atoms with Crippen molar-refractivity contribution in [2.24, 2.45) is 5.73 Å². The predicted octanol–water partition coefficient (Wildman–Crippen LogP) is 3.13. The van der Waals surface area contributed by atoms with Gasteiger partial charge in [-0.2, -0.15) is 26.3 Å². The molecule has 0 heterocycles. The van der Waals surface area contributed by atoms with Gasteiger partial charge in [-0.25, -0.2) is 0 Å². The molecule has 174 valence electrons. The van der Waals surface area contributed by atoms with E-state index in [0.29, 0.717) is 51.7 Å². The molecule has 2 N–H and O–H groups in total. The summed E-state index contributed by atoms with van der Waals surface area (Å²) in [4.78, 5) is 0. The van der Waals surface area contributed by atoms with E-state index in [1.54, 1.807) is 0 Å². The first-order chi connectivity index (χ1) is 14.1. The molecule has 30 heavy (non-hydrogen) atoms. The minimum Gasteiger partial charge on any atom is -0.491 e. The predicted molar refractivity (Wildman–Crippen MR) is 94.3 cm³/mol. The zero-order valence-corrected chi connectivity index (χ0v) is 16.2. The van der Waals surface area contributed by atoms with Crippen LogP contribution in [0.15, 0.2) is 18.2 Å². The standard InChI is InChI=1S/C18H25F6NO5/c19-17(20,21)14-11-15(18(22,23)24)13-16(12-14)30-10-9-29-8-7-28-6-5-27-4-3-26-2-1-25/h11-13H,1-10,25H2. The minimum absolute atomic E-state index is 0.0318. The minimum atomic E-state index is -4.92. The number of ether oxygens (including phenoxy) is 5. The zero-order valence-electron chi connectivity index (χ0n) is 16.2. The van der Waals surface area contributed by atoms with E-state index in [2.05, 4.69) is 0 Å². The number of hydrogen-bond acceptors (Lipinski definition) is 6. The van der Waals surface area contributed by atoms with Crippen LogP contribution in [0.5, 0.6) is 5.75 Å². The summed E-state index contributed by atoms with van der Waals surface area (Å²) in [7, 11) is 0. The summed E-state index contributed by atoms with van der Waals surface area (Å²) in [6, 6.07) is 1.07. The summed E-state index contributed by atoms with van der Waals surface area (Å²) < 4.78 is 102. The average molecular weight is 449 g/mol. The maximum absolute atomic E-state index is 12.8. The molecule has 0 saturated carbocycles. The second-order valence-corrected chi connectivity index (χ2v) is 5.83. The Morgan fingerprint density at radius 3 is 1.30 bits per heavy atom. The number of halogens is 6. The number of benzene rings is 1. The smallest absolute Gasteiger partial charge is 0.416 e. The molecule has 12 heteroatoms. The van der Waals surface area contributed by atoms with Crippen LogP contribution < -0.4 is 10.5 Å². The Kier molecular flexibility index (Phi) is 12.0. The summed E-state index contributed by atoms with van der Waals surface area (Å²) in [5.74, 6) is -0.537. The fourth-order valence-electron chi connectivity index (χ4n) is 2.07. The Hall–Kier alpha value is -1.60. The summed E-state index contributed by atoms with van der Waals surface area (Å²) in [6.45, 7) is 2.66. The Bertz CT molecular complexity index is 565. The Balaban J connectivity index is 2.19. The van der Waals surface area contributed by atoms with Gasteiger partial charge < -0.3 is 29.4 Å². The molecule has 0 unspecified atom stereocenters. The topological polar surface area (TPSA) is 72.2 Å². The maximum Gasteiger partial charge on any atom is 0.416 e. The molecular formula is C18H25F6NO5. The van der Waals surface area contributed by atoms with E-state index in [-0.39, 0.29) is 32.5 Å². The summed E-state index contributed by atoms with van der Waals surface area (Å²) in [6.07, 6.45) is -9.84. The third-order valence-electron chi connectivity index (χ3n) is 3.44. The number of nitrogens with two attached hydrogens (primary N) is 1. The summed E-state index contributed by atoms with van der Waals surface area (Å²) >= 11 is 0. The quantitative estimate of drug-likeness (QED) is 0.328. The zero-order chi connectivity index (χ0) is 22.5. The lowest BCUT2D eigenvalue weighted by Gasteiger charge is -2.15. The first kappa shape index (κ1) is 26.4. The van der Waals surface area contributed by atoms with E-state index in [4.69, 9.17) is 29.4 Å². The van der Waals surface area contributed by atoms with Gasteiger partial charge in [-0.1, -0.05) is 0 Å². The third-order valence-corrected chi connectivity index (χ3v) is 3.44. The molecule has 1 aromatic carbocycles. The van der Waals surface area contributed by atoms with Gasteiger partial charge in [0.15, 0.2) is 0 Å². The van der Waals surface area contributed by atoms with Crippen LogP contribution in [0, 0.1) is 0 Å². The number of hydrogen-bond donors (Lipinski definition) is 1. The van der Waals surface area contributed by atoms with Crippen LogP contribution in [0.3, 0.4) is 0 Å². The molecule has 1 aromatic rings. The van der Waals surface area contributed by atoms with Crippen LogP contribution in [0.2, 0.25) is 0 Å². The fourth-order valence-corrected chi connectivity index (χ4v) is 2.07. The molecule has 0 amide bonds. The van der Waals surface area contributed by atoms with E-state index < -0.39 is 29.2 Å². The van der Waals surface area contributed by atoms with Crippen LogP contribution in [0.25, 0.3) is 0 Å². The van der Waals surface area contributed by atoms with E-state index in [1.807, 2.05) is 0 Å². The second kappa shape index (κ2) is 13.7. The molecule has 0 saturated heterocycles. The third kappa shape index (κ3) is 11.6. The van der Waals surface area contributed by atoms with Crippen LogP contribution in [-0.4, -0.2) is 66.0 Å². The molecule has 0 fully saturated rings. The highest BCUT2D eigenvalue weighted by Gasteiger charge is 2.37. The monoisotopic (exact) mass is 449 g/mol. The Morgan fingerprint density at radius 1 is 0.567 bits per heavy atom. The van der Waals surface area contributed by atoms with Gasteiger partial charge in [0.2, 0.25) is 0 Å². The lowest BCUT2D eigenvalue weighted by atomic mass is 10.1. The summed E-state index contributed by atoms with van der Waals surface area (Å²) in [5, 5.41) is 0. The van der Waals surface area contributed by atoms with Gasteiger partial charge in [-0.15, -0.1) is 0 Å². The molecule has 0 aliphatic carbocycles. The number of rotatable bonds is 15. The van der Waals surface area contributed by atoms with Gasteiger partial charge in [0.25, 0.3) is 0 Å². The first-order valence-corrected chi connectivity index (χ1v) is 9.08.